The third kappa shape index (κ3) is 4.81. The van der Waals surface area contributed by atoms with Crippen LogP contribution >= 0.6 is 22.9 Å². The van der Waals surface area contributed by atoms with Crippen molar-refractivity contribution < 1.29 is 22.7 Å². The van der Waals surface area contributed by atoms with Gasteiger partial charge in [0.05, 0.1) is 33.3 Å². The number of nitriles is 2. The maximum atomic E-state index is 14.8. The van der Waals surface area contributed by atoms with Gasteiger partial charge in [-0.05, 0) is 77.7 Å². The first-order chi connectivity index (χ1) is 21.1. The zero-order chi connectivity index (χ0) is 31.2. The molecule has 0 atom stereocenters. The van der Waals surface area contributed by atoms with Crippen LogP contribution in [0, 0.1) is 28.5 Å². The number of hydrogen-bond acceptors (Lipinski definition) is 6. The summed E-state index contributed by atoms with van der Waals surface area (Å²) in [5.74, 6) is -1.73. The van der Waals surface area contributed by atoms with E-state index in [2.05, 4.69) is 6.07 Å². The molecule has 1 N–H and O–H groups in total. The molecule has 6 rings (SSSR count). The fourth-order valence-corrected chi connectivity index (χ4v) is 7.66. The van der Waals surface area contributed by atoms with Gasteiger partial charge in [0.1, 0.15) is 16.8 Å². The molecule has 0 aliphatic rings. The highest BCUT2D eigenvalue weighted by Gasteiger charge is 2.30. The summed E-state index contributed by atoms with van der Waals surface area (Å²) in [5.41, 5.74) is 2.94. The van der Waals surface area contributed by atoms with Crippen molar-refractivity contribution in [3.8, 4) is 45.6 Å². The molecular formula is C33H17ClFN3O4S2. The van der Waals surface area contributed by atoms with Crippen molar-refractivity contribution in [3.05, 3.63) is 123 Å². The van der Waals surface area contributed by atoms with E-state index in [4.69, 9.17) is 11.6 Å². The average molecular weight is 638 g/mol. The predicted octanol–water partition coefficient (Wildman–Crippen LogP) is 8.17. The molecule has 214 valence electrons. The quantitative estimate of drug-likeness (QED) is 0.196. The van der Waals surface area contributed by atoms with E-state index in [1.165, 1.54) is 65.9 Å². The molecule has 44 heavy (non-hydrogen) atoms. The number of thiophene rings is 1. The summed E-state index contributed by atoms with van der Waals surface area (Å²) in [6.07, 6.45) is 0. The Morgan fingerprint density at radius 2 is 1.64 bits per heavy atom. The third-order valence-corrected chi connectivity index (χ3v) is 9.97. The molecule has 2 aromatic heterocycles. The van der Waals surface area contributed by atoms with Crippen molar-refractivity contribution in [1.82, 2.24) is 3.97 Å². The van der Waals surface area contributed by atoms with Gasteiger partial charge in [-0.3, -0.25) is 0 Å². The Hall–Kier alpha value is -5.26. The van der Waals surface area contributed by atoms with Gasteiger partial charge in [-0.2, -0.15) is 10.5 Å². The van der Waals surface area contributed by atoms with Crippen molar-refractivity contribution in [2.24, 2.45) is 0 Å². The number of carboxylic acids is 1. The molecule has 0 saturated heterocycles. The van der Waals surface area contributed by atoms with Crippen molar-refractivity contribution >= 4 is 49.8 Å². The van der Waals surface area contributed by atoms with Crippen LogP contribution in [-0.4, -0.2) is 23.5 Å². The first-order valence-corrected chi connectivity index (χ1v) is 15.5. The second-order valence-corrected chi connectivity index (χ2v) is 12.8. The molecule has 0 unspecified atom stereocenters. The molecule has 0 amide bonds. The molecule has 11 heteroatoms. The molecule has 0 radical (unpaired) electrons. The van der Waals surface area contributed by atoms with E-state index in [0.717, 1.165) is 3.97 Å². The smallest absolute Gasteiger partial charge is 0.335 e. The van der Waals surface area contributed by atoms with Crippen LogP contribution in [0.2, 0.25) is 5.02 Å². The number of benzene rings is 4. The van der Waals surface area contributed by atoms with E-state index >= 15 is 0 Å². The molecular weight excluding hydrogens is 621 g/mol. The van der Waals surface area contributed by atoms with Gasteiger partial charge >= 0.3 is 5.97 Å². The van der Waals surface area contributed by atoms with Gasteiger partial charge in [0.15, 0.2) is 0 Å². The van der Waals surface area contributed by atoms with E-state index in [9.17, 15) is 33.2 Å². The maximum Gasteiger partial charge on any atom is 0.335 e. The predicted molar refractivity (Wildman–Crippen MR) is 167 cm³/mol. The molecule has 0 bridgehead atoms. The lowest BCUT2D eigenvalue weighted by Crippen LogP contribution is -2.14. The minimum atomic E-state index is -4.36. The summed E-state index contributed by atoms with van der Waals surface area (Å²) < 4.78 is 44.8. The van der Waals surface area contributed by atoms with Crippen LogP contribution in [0.4, 0.5) is 4.39 Å². The van der Waals surface area contributed by atoms with Crippen LogP contribution in [0.15, 0.2) is 101 Å². The normalized spacial score (nSPS) is 11.3. The van der Waals surface area contributed by atoms with Crippen LogP contribution in [0.3, 0.4) is 0 Å². The number of aromatic nitrogens is 1. The van der Waals surface area contributed by atoms with E-state index in [-0.39, 0.29) is 37.6 Å². The second-order valence-electron chi connectivity index (χ2n) is 9.65. The van der Waals surface area contributed by atoms with Crippen LogP contribution in [0.25, 0.3) is 44.4 Å². The average Bonchev–Trinajstić information content (AvgIpc) is 3.63. The Morgan fingerprint density at radius 3 is 2.32 bits per heavy atom. The van der Waals surface area contributed by atoms with Crippen LogP contribution < -0.4 is 0 Å². The Labute approximate surface area is 259 Å². The summed E-state index contributed by atoms with van der Waals surface area (Å²) in [7, 11) is -4.36. The van der Waals surface area contributed by atoms with Crippen molar-refractivity contribution in [2.45, 2.75) is 4.90 Å². The van der Waals surface area contributed by atoms with Crippen molar-refractivity contribution in [1.29, 1.82) is 10.5 Å². The number of fused-ring (bicyclic) bond motifs is 1. The number of carboxylic acid groups (broad SMARTS) is 1. The lowest BCUT2D eigenvalue weighted by molar-refractivity contribution is 0.0697. The zero-order valence-corrected chi connectivity index (χ0v) is 24.7. The highest BCUT2D eigenvalue weighted by atomic mass is 35.5. The third-order valence-electron chi connectivity index (χ3n) is 7.11. The second kappa shape index (κ2) is 11.1. The fraction of sp³-hybridized carbons (Fsp3) is 0. The molecule has 0 fully saturated rings. The number of halogens is 2. The number of nitrogens with zero attached hydrogens (tertiary/aromatic N) is 3. The summed E-state index contributed by atoms with van der Waals surface area (Å²) >= 11 is 7.66. The summed E-state index contributed by atoms with van der Waals surface area (Å²) in [5, 5.41) is 30.7. The Morgan fingerprint density at radius 1 is 0.886 bits per heavy atom. The largest absolute Gasteiger partial charge is 0.478 e. The van der Waals surface area contributed by atoms with Gasteiger partial charge in [-0.15, -0.1) is 11.3 Å². The van der Waals surface area contributed by atoms with E-state index in [1.807, 2.05) is 6.07 Å². The highest BCUT2D eigenvalue weighted by molar-refractivity contribution is 7.90. The van der Waals surface area contributed by atoms with Crippen molar-refractivity contribution in [2.75, 3.05) is 0 Å². The summed E-state index contributed by atoms with van der Waals surface area (Å²) in [6, 6.07) is 26.2. The highest BCUT2D eigenvalue weighted by Crippen LogP contribution is 2.46. The first-order valence-electron chi connectivity index (χ1n) is 12.9. The standard InChI is InChI=1S/C33H17ClFN3O4S2/c34-28-15-22(33(39)40)6-10-25(28)20-2-1-3-21(14-20)32-31(26-12-13-43-30(26)18-37)27-16-23(35)7-11-29(27)38(32)44(41,42)24-8-4-19(17-36)5-9-24/h1-16H,(H,39,40). The first kappa shape index (κ1) is 28.8. The van der Waals surface area contributed by atoms with Gasteiger partial charge in [0.25, 0.3) is 10.0 Å². The minimum Gasteiger partial charge on any atom is -0.478 e. The van der Waals surface area contributed by atoms with Crippen LogP contribution in [0.1, 0.15) is 20.8 Å². The molecule has 6 aromatic rings. The van der Waals surface area contributed by atoms with E-state index in [0.29, 0.717) is 32.7 Å². The van der Waals surface area contributed by atoms with Crippen LogP contribution in [0.5, 0.6) is 0 Å². The molecule has 4 aromatic carbocycles. The Bertz CT molecular complexity index is 2330. The molecule has 7 nitrogen and oxygen atoms in total. The lowest BCUT2D eigenvalue weighted by Gasteiger charge is -2.15. The van der Waals surface area contributed by atoms with Crippen molar-refractivity contribution in [3.63, 3.8) is 0 Å². The molecule has 0 aliphatic carbocycles. The zero-order valence-electron chi connectivity index (χ0n) is 22.3. The number of hydrogen-bond donors (Lipinski definition) is 1. The fourth-order valence-electron chi connectivity index (χ4n) is 5.13. The maximum absolute atomic E-state index is 14.8. The molecule has 2 heterocycles. The lowest BCUT2D eigenvalue weighted by atomic mass is 9.96. The number of aromatic carboxylic acids is 1. The molecule has 0 spiro atoms. The van der Waals surface area contributed by atoms with Gasteiger partial charge in [0, 0.05) is 32.7 Å². The van der Waals surface area contributed by atoms with E-state index in [1.54, 1.807) is 41.8 Å². The Balaban J connectivity index is 1.72. The van der Waals surface area contributed by atoms with Crippen LogP contribution in [-0.2, 0) is 10.0 Å². The monoisotopic (exact) mass is 637 g/mol. The summed E-state index contributed by atoms with van der Waals surface area (Å²) in [4.78, 5) is 11.7. The van der Waals surface area contributed by atoms with Gasteiger partial charge in [-0.25, -0.2) is 21.6 Å². The number of carbonyl (C=O) groups is 1. The van der Waals surface area contributed by atoms with Gasteiger partial charge in [0.2, 0.25) is 0 Å². The topological polar surface area (TPSA) is 124 Å². The SMILES string of the molecule is N#Cc1ccc(S(=O)(=O)n2c(-c3cccc(-c4ccc(C(=O)O)cc4Cl)c3)c(-c3ccsc3C#N)c3cc(F)ccc32)cc1. The van der Waals surface area contributed by atoms with E-state index < -0.39 is 21.8 Å². The summed E-state index contributed by atoms with van der Waals surface area (Å²) in [6.45, 7) is 0. The Kier molecular flexibility index (Phi) is 7.28. The molecule has 0 saturated carbocycles. The van der Waals surface area contributed by atoms with Gasteiger partial charge in [-0.1, -0.05) is 35.9 Å². The number of rotatable bonds is 6. The minimum absolute atomic E-state index is 0.00865. The van der Waals surface area contributed by atoms with Gasteiger partial charge < -0.3 is 5.11 Å². The molecule has 0 aliphatic heterocycles.